The molecule has 5 heteroatoms. The van der Waals surface area contributed by atoms with Gasteiger partial charge in [-0.2, -0.15) is 4.80 Å². The van der Waals surface area contributed by atoms with Gasteiger partial charge in [-0.25, -0.2) is 0 Å². The smallest absolute Gasteiger partial charge is 0.176 e. The number of aryl methyl sites for hydroxylation is 1. The molecule has 1 aromatic heterocycles. The van der Waals surface area contributed by atoms with Gasteiger partial charge >= 0.3 is 0 Å². The van der Waals surface area contributed by atoms with Gasteiger partial charge in [-0.3, -0.25) is 0 Å². The van der Waals surface area contributed by atoms with Crippen LogP contribution in [0, 0.1) is 0 Å². The first kappa shape index (κ1) is 14.7. The monoisotopic (exact) mass is 273 g/mol. The van der Waals surface area contributed by atoms with Gasteiger partial charge in [0, 0.05) is 17.9 Å². The Hall–Kier alpha value is -1.75. The van der Waals surface area contributed by atoms with Crippen LogP contribution in [-0.2, 0) is 18.9 Å². The topological polar surface area (TPSA) is 55.6 Å². The molecule has 108 valence electrons. The maximum Gasteiger partial charge on any atom is 0.176 e. The number of rotatable bonds is 6. The lowest BCUT2D eigenvalue weighted by Crippen LogP contribution is -2.46. The summed E-state index contributed by atoms with van der Waals surface area (Å²) in [6.07, 6.45) is 0.767. The van der Waals surface area contributed by atoms with Crippen molar-refractivity contribution in [2.24, 2.45) is 7.05 Å². The molecule has 0 bridgehead atoms. The maximum absolute atomic E-state index is 4.29. The Morgan fingerprint density at radius 1 is 1.25 bits per heavy atom. The molecule has 0 aliphatic heterocycles. The summed E-state index contributed by atoms with van der Waals surface area (Å²) in [5.41, 5.74) is 1.31. The van der Waals surface area contributed by atoms with Crippen LogP contribution < -0.4 is 5.32 Å². The van der Waals surface area contributed by atoms with E-state index in [1.165, 1.54) is 10.4 Å². The van der Waals surface area contributed by atoms with Crippen LogP contribution in [0.1, 0.15) is 32.2 Å². The summed E-state index contributed by atoms with van der Waals surface area (Å²) in [5, 5.41) is 15.9. The molecule has 0 aliphatic rings. The molecule has 1 N–H and O–H groups in total. The zero-order valence-corrected chi connectivity index (χ0v) is 12.7. The highest BCUT2D eigenvalue weighted by molar-refractivity contribution is 5.26. The van der Waals surface area contributed by atoms with Gasteiger partial charge in [0.15, 0.2) is 5.82 Å². The lowest BCUT2D eigenvalue weighted by molar-refractivity contribution is 0.338. The highest BCUT2D eigenvalue weighted by atomic mass is 15.6. The van der Waals surface area contributed by atoms with Crippen LogP contribution >= 0.6 is 0 Å². The number of benzene rings is 1. The minimum atomic E-state index is -0.00350. The third kappa shape index (κ3) is 3.22. The molecular weight excluding hydrogens is 250 g/mol. The van der Waals surface area contributed by atoms with Crippen molar-refractivity contribution in [3.05, 3.63) is 41.7 Å². The molecule has 2 rings (SSSR count). The Balaban J connectivity index is 2.23. The molecule has 1 unspecified atom stereocenters. The molecular formula is C15H23N5. The van der Waals surface area contributed by atoms with Crippen molar-refractivity contribution in [3.63, 3.8) is 0 Å². The van der Waals surface area contributed by atoms with E-state index in [0.717, 1.165) is 18.8 Å². The number of hydrogen-bond donors (Lipinski definition) is 1. The molecule has 0 radical (unpaired) electrons. The SMILES string of the molecule is CCNC(Cc1nnn(C)n1)C(C)(C)c1ccccc1. The van der Waals surface area contributed by atoms with Gasteiger partial charge in [0.2, 0.25) is 0 Å². The van der Waals surface area contributed by atoms with Crippen LogP contribution in [0.5, 0.6) is 0 Å². The molecule has 1 atom stereocenters. The largest absolute Gasteiger partial charge is 0.313 e. The Bertz CT molecular complexity index is 532. The Morgan fingerprint density at radius 2 is 1.95 bits per heavy atom. The summed E-state index contributed by atoms with van der Waals surface area (Å²) in [6.45, 7) is 7.55. The van der Waals surface area contributed by atoms with Crippen molar-refractivity contribution < 1.29 is 0 Å². The Labute approximate surface area is 120 Å². The van der Waals surface area contributed by atoms with Gasteiger partial charge < -0.3 is 5.32 Å². The lowest BCUT2D eigenvalue weighted by Gasteiger charge is -2.35. The van der Waals surface area contributed by atoms with E-state index < -0.39 is 0 Å². The first-order valence-electron chi connectivity index (χ1n) is 7.05. The van der Waals surface area contributed by atoms with Crippen LogP contribution in [0.3, 0.4) is 0 Å². The van der Waals surface area contributed by atoms with Crippen molar-refractivity contribution in [2.45, 2.75) is 38.6 Å². The lowest BCUT2D eigenvalue weighted by atomic mass is 9.76. The first-order chi connectivity index (χ1) is 9.54. The van der Waals surface area contributed by atoms with Crippen LogP contribution in [0.15, 0.2) is 30.3 Å². The minimum Gasteiger partial charge on any atom is -0.313 e. The fourth-order valence-corrected chi connectivity index (χ4v) is 2.49. The molecule has 20 heavy (non-hydrogen) atoms. The summed E-state index contributed by atoms with van der Waals surface area (Å²) in [6, 6.07) is 10.8. The number of nitrogens with one attached hydrogen (secondary N) is 1. The van der Waals surface area contributed by atoms with E-state index in [2.05, 4.69) is 65.8 Å². The van der Waals surface area contributed by atoms with Gasteiger partial charge in [0.25, 0.3) is 0 Å². The van der Waals surface area contributed by atoms with E-state index in [9.17, 15) is 0 Å². The van der Waals surface area contributed by atoms with Gasteiger partial charge in [0.1, 0.15) is 0 Å². The van der Waals surface area contributed by atoms with Gasteiger partial charge in [-0.15, -0.1) is 10.2 Å². The molecule has 0 aliphatic carbocycles. The summed E-state index contributed by atoms with van der Waals surface area (Å²) in [5.74, 6) is 0.780. The van der Waals surface area contributed by atoms with Crippen LogP contribution in [0.4, 0.5) is 0 Å². The maximum atomic E-state index is 4.29. The van der Waals surface area contributed by atoms with E-state index in [-0.39, 0.29) is 11.5 Å². The average molecular weight is 273 g/mol. The average Bonchev–Trinajstić information content (AvgIpc) is 2.85. The molecule has 2 aromatic rings. The van der Waals surface area contributed by atoms with Gasteiger partial charge in [-0.05, 0) is 17.3 Å². The van der Waals surface area contributed by atoms with E-state index in [1.54, 1.807) is 7.05 Å². The van der Waals surface area contributed by atoms with E-state index in [4.69, 9.17) is 0 Å². The van der Waals surface area contributed by atoms with Gasteiger partial charge in [0.05, 0.1) is 7.05 Å². The summed E-state index contributed by atoms with van der Waals surface area (Å²) < 4.78 is 0. The Morgan fingerprint density at radius 3 is 2.50 bits per heavy atom. The van der Waals surface area contributed by atoms with E-state index >= 15 is 0 Å². The zero-order chi connectivity index (χ0) is 14.6. The third-order valence-electron chi connectivity index (χ3n) is 3.78. The molecule has 0 saturated carbocycles. The van der Waals surface area contributed by atoms with Crippen molar-refractivity contribution in [1.82, 2.24) is 25.5 Å². The first-order valence-corrected chi connectivity index (χ1v) is 7.05. The van der Waals surface area contributed by atoms with E-state index in [0.29, 0.717) is 0 Å². The molecule has 1 heterocycles. The van der Waals surface area contributed by atoms with Crippen LogP contribution in [0.2, 0.25) is 0 Å². The number of nitrogens with zero attached hydrogens (tertiary/aromatic N) is 4. The molecule has 5 nitrogen and oxygen atoms in total. The van der Waals surface area contributed by atoms with Crippen molar-refractivity contribution in [2.75, 3.05) is 6.54 Å². The Kier molecular flexibility index (Phi) is 4.49. The fraction of sp³-hybridized carbons (Fsp3) is 0.533. The van der Waals surface area contributed by atoms with Gasteiger partial charge in [-0.1, -0.05) is 51.1 Å². The summed E-state index contributed by atoms with van der Waals surface area (Å²) >= 11 is 0. The fourth-order valence-electron chi connectivity index (χ4n) is 2.49. The van der Waals surface area contributed by atoms with Crippen molar-refractivity contribution >= 4 is 0 Å². The number of hydrogen-bond acceptors (Lipinski definition) is 4. The van der Waals surface area contributed by atoms with Crippen molar-refractivity contribution in [3.8, 4) is 0 Å². The highest BCUT2D eigenvalue weighted by Crippen LogP contribution is 2.28. The number of aromatic nitrogens is 4. The predicted octanol–water partition coefficient (Wildman–Crippen LogP) is 1.71. The molecule has 0 spiro atoms. The third-order valence-corrected chi connectivity index (χ3v) is 3.78. The molecule has 0 amide bonds. The second kappa shape index (κ2) is 6.13. The van der Waals surface area contributed by atoms with Crippen LogP contribution in [0.25, 0.3) is 0 Å². The second-order valence-electron chi connectivity index (χ2n) is 5.60. The van der Waals surface area contributed by atoms with Crippen LogP contribution in [-0.4, -0.2) is 32.8 Å². The van der Waals surface area contributed by atoms with E-state index in [1.807, 2.05) is 6.07 Å². The number of likely N-dealkylation sites (N-methyl/N-ethyl adjacent to an activating group) is 1. The minimum absolute atomic E-state index is 0.00350. The second-order valence-corrected chi connectivity index (χ2v) is 5.60. The standard InChI is InChI=1S/C15H23N5/c1-5-16-13(11-14-17-19-20(4)18-14)15(2,3)12-9-7-6-8-10-12/h6-10,13,16H,5,11H2,1-4H3. The normalized spacial score (nSPS) is 13.4. The summed E-state index contributed by atoms with van der Waals surface area (Å²) in [4.78, 5) is 1.51. The molecule has 1 aromatic carbocycles. The number of tetrazole rings is 1. The highest BCUT2D eigenvalue weighted by Gasteiger charge is 2.31. The molecule has 0 saturated heterocycles. The quantitative estimate of drug-likeness (QED) is 0.870. The zero-order valence-electron chi connectivity index (χ0n) is 12.7. The predicted molar refractivity (Wildman–Crippen MR) is 79.4 cm³/mol. The van der Waals surface area contributed by atoms with Crippen molar-refractivity contribution in [1.29, 1.82) is 0 Å². The summed E-state index contributed by atoms with van der Waals surface area (Å²) in [7, 11) is 1.79. The molecule has 0 fully saturated rings.